The Morgan fingerprint density at radius 2 is 2.06 bits per heavy atom. The molecule has 1 unspecified atom stereocenters. The van der Waals surface area contributed by atoms with Crippen LogP contribution in [0.3, 0.4) is 0 Å². The van der Waals surface area contributed by atoms with E-state index in [0.29, 0.717) is 23.7 Å². The molecule has 1 rings (SSSR count). The zero-order chi connectivity index (χ0) is 13.7. The van der Waals surface area contributed by atoms with Crippen LogP contribution in [0.1, 0.15) is 28.4 Å². The fourth-order valence-electron chi connectivity index (χ4n) is 1.82. The predicted molar refractivity (Wildman–Crippen MR) is 80.2 cm³/mol. The fraction of sp³-hybridized carbons (Fsp3) is 0.500. The van der Waals surface area contributed by atoms with Crippen LogP contribution in [0.25, 0.3) is 0 Å². The molecule has 1 amide bonds. The van der Waals surface area contributed by atoms with Crippen molar-refractivity contribution in [3.8, 4) is 0 Å². The minimum atomic E-state index is -0.0350. The number of carbonyl (C=O) groups excluding carboxylic acids is 1. The van der Waals surface area contributed by atoms with E-state index in [1.54, 1.807) is 17.8 Å². The van der Waals surface area contributed by atoms with E-state index in [0.717, 1.165) is 16.9 Å². The number of rotatable bonds is 5. The van der Waals surface area contributed by atoms with Crippen LogP contribution in [0.4, 0.5) is 5.69 Å². The first-order valence-electron chi connectivity index (χ1n) is 6.09. The van der Waals surface area contributed by atoms with Crippen molar-refractivity contribution >= 4 is 23.4 Å². The first kappa shape index (κ1) is 14.9. The number of amides is 1. The molecule has 0 aliphatic heterocycles. The third kappa shape index (κ3) is 3.95. The van der Waals surface area contributed by atoms with Gasteiger partial charge in [-0.25, -0.2) is 0 Å². The Balaban J connectivity index is 2.70. The van der Waals surface area contributed by atoms with E-state index in [2.05, 4.69) is 18.5 Å². The molecule has 18 heavy (non-hydrogen) atoms. The molecule has 0 spiro atoms. The first-order valence-corrected chi connectivity index (χ1v) is 7.49. The van der Waals surface area contributed by atoms with Gasteiger partial charge in [-0.15, -0.1) is 0 Å². The minimum absolute atomic E-state index is 0.0350. The second-order valence-electron chi connectivity index (χ2n) is 4.79. The Labute approximate surface area is 114 Å². The number of carbonyl (C=O) groups is 1. The summed E-state index contributed by atoms with van der Waals surface area (Å²) in [5.74, 6) is 1.49. The van der Waals surface area contributed by atoms with E-state index in [1.165, 1.54) is 0 Å². The van der Waals surface area contributed by atoms with Gasteiger partial charge in [0.2, 0.25) is 0 Å². The van der Waals surface area contributed by atoms with Crippen molar-refractivity contribution in [1.29, 1.82) is 0 Å². The molecule has 0 bridgehead atoms. The third-order valence-corrected chi connectivity index (χ3v) is 3.82. The van der Waals surface area contributed by atoms with Crippen molar-refractivity contribution in [2.45, 2.75) is 20.8 Å². The summed E-state index contributed by atoms with van der Waals surface area (Å²) in [5.41, 5.74) is 9.18. The van der Waals surface area contributed by atoms with Crippen LogP contribution >= 0.6 is 11.8 Å². The molecule has 0 saturated heterocycles. The van der Waals surface area contributed by atoms with Crippen molar-refractivity contribution in [2.75, 3.05) is 24.3 Å². The molecule has 0 aliphatic carbocycles. The normalized spacial score (nSPS) is 12.2. The van der Waals surface area contributed by atoms with Gasteiger partial charge in [0.05, 0.1) is 0 Å². The summed E-state index contributed by atoms with van der Waals surface area (Å²) in [6.07, 6.45) is 2.07. The number of nitrogens with one attached hydrogen (secondary N) is 1. The van der Waals surface area contributed by atoms with E-state index in [4.69, 9.17) is 5.73 Å². The van der Waals surface area contributed by atoms with Crippen molar-refractivity contribution in [3.63, 3.8) is 0 Å². The van der Waals surface area contributed by atoms with Gasteiger partial charge in [0.15, 0.2) is 0 Å². The SMILES string of the molecule is CSCC(C)CNC(=O)c1cc(N)c(C)cc1C. The molecule has 0 radical (unpaired) electrons. The molecule has 4 heteroatoms. The van der Waals surface area contributed by atoms with Crippen LogP contribution in [0.2, 0.25) is 0 Å². The van der Waals surface area contributed by atoms with Crippen LogP contribution in [-0.2, 0) is 0 Å². The van der Waals surface area contributed by atoms with Gasteiger partial charge in [0.1, 0.15) is 0 Å². The summed E-state index contributed by atoms with van der Waals surface area (Å²) in [4.78, 5) is 12.1. The zero-order valence-corrected chi connectivity index (χ0v) is 12.4. The van der Waals surface area contributed by atoms with E-state index in [1.807, 2.05) is 19.9 Å². The molecule has 3 N–H and O–H groups in total. The molecule has 0 aliphatic rings. The van der Waals surface area contributed by atoms with Gasteiger partial charge in [-0.3, -0.25) is 4.79 Å². The number of thioether (sulfide) groups is 1. The van der Waals surface area contributed by atoms with E-state index in [-0.39, 0.29) is 5.91 Å². The molecule has 0 fully saturated rings. The zero-order valence-electron chi connectivity index (χ0n) is 11.5. The second kappa shape index (κ2) is 6.69. The van der Waals surface area contributed by atoms with Gasteiger partial charge >= 0.3 is 0 Å². The average Bonchev–Trinajstić information content (AvgIpc) is 2.31. The average molecular weight is 266 g/mol. The summed E-state index contributed by atoms with van der Waals surface area (Å²) in [6, 6.07) is 3.72. The third-order valence-electron chi connectivity index (χ3n) is 2.92. The molecule has 0 heterocycles. The summed E-state index contributed by atoms with van der Waals surface area (Å²) < 4.78 is 0. The Morgan fingerprint density at radius 1 is 1.39 bits per heavy atom. The number of nitrogens with two attached hydrogens (primary N) is 1. The van der Waals surface area contributed by atoms with Gasteiger partial charge in [0.25, 0.3) is 5.91 Å². The Bertz CT molecular complexity index is 432. The van der Waals surface area contributed by atoms with Gasteiger partial charge in [-0.2, -0.15) is 11.8 Å². The van der Waals surface area contributed by atoms with Crippen LogP contribution in [0.15, 0.2) is 12.1 Å². The molecule has 1 aromatic carbocycles. The lowest BCUT2D eigenvalue weighted by molar-refractivity contribution is 0.0948. The molecule has 1 atom stereocenters. The Morgan fingerprint density at radius 3 is 2.67 bits per heavy atom. The van der Waals surface area contributed by atoms with Gasteiger partial charge in [-0.05, 0) is 49.0 Å². The van der Waals surface area contributed by atoms with Crippen LogP contribution in [-0.4, -0.2) is 24.5 Å². The van der Waals surface area contributed by atoms with Crippen LogP contribution in [0, 0.1) is 19.8 Å². The van der Waals surface area contributed by atoms with Crippen LogP contribution in [0.5, 0.6) is 0 Å². The minimum Gasteiger partial charge on any atom is -0.398 e. The number of aryl methyl sites for hydroxylation is 2. The maximum atomic E-state index is 12.1. The highest BCUT2D eigenvalue weighted by atomic mass is 32.2. The van der Waals surface area contributed by atoms with Crippen molar-refractivity contribution in [2.24, 2.45) is 5.92 Å². The van der Waals surface area contributed by atoms with Gasteiger partial charge in [-0.1, -0.05) is 13.0 Å². The van der Waals surface area contributed by atoms with E-state index < -0.39 is 0 Å². The molecule has 0 saturated carbocycles. The molecule has 3 nitrogen and oxygen atoms in total. The number of benzene rings is 1. The van der Waals surface area contributed by atoms with Crippen LogP contribution < -0.4 is 11.1 Å². The lowest BCUT2D eigenvalue weighted by Gasteiger charge is -2.13. The maximum Gasteiger partial charge on any atom is 0.251 e. The summed E-state index contributed by atoms with van der Waals surface area (Å²) in [6.45, 7) is 6.72. The van der Waals surface area contributed by atoms with Crippen molar-refractivity contribution < 1.29 is 4.79 Å². The van der Waals surface area contributed by atoms with Gasteiger partial charge < -0.3 is 11.1 Å². The second-order valence-corrected chi connectivity index (χ2v) is 5.70. The number of anilines is 1. The fourth-order valence-corrected chi connectivity index (χ4v) is 2.51. The topological polar surface area (TPSA) is 55.1 Å². The number of hydrogen-bond donors (Lipinski definition) is 2. The summed E-state index contributed by atoms with van der Waals surface area (Å²) in [5, 5.41) is 2.96. The molecular weight excluding hydrogens is 244 g/mol. The number of nitrogen functional groups attached to an aromatic ring is 1. The molecular formula is C14H22N2OS. The highest BCUT2D eigenvalue weighted by Crippen LogP contribution is 2.17. The largest absolute Gasteiger partial charge is 0.398 e. The smallest absolute Gasteiger partial charge is 0.251 e. The van der Waals surface area contributed by atoms with E-state index in [9.17, 15) is 4.79 Å². The van der Waals surface area contributed by atoms with Crippen molar-refractivity contribution in [3.05, 3.63) is 28.8 Å². The quantitative estimate of drug-likeness (QED) is 0.806. The highest BCUT2D eigenvalue weighted by molar-refractivity contribution is 7.98. The number of hydrogen-bond acceptors (Lipinski definition) is 3. The highest BCUT2D eigenvalue weighted by Gasteiger charge is 2.11. The predicted octanol–water partition coefficient (Wildman–Crippen LogP) is 2.61. The maximum absolute atomic E-state index is 12.1. The lowest BCUT2D eigenvalue weighted by atomic mass is 10.0. The first-order chi connectivity index (χ1) is 8.45. The van der Waals surface area contributed by atoms with E-state index >= 15 is 0 Å². The molecule has 1 aromatic rings. The lowest BCUT2D eigenvalue weighted by Crippen LogP contribution is -2.29. The van der Waals surface area contributed by atoms with Crippen molar-refractivity contribution in [1.82, 2.24) is 5.32 Å². The summed E-state index contributed by atoms with van der Waals surface area (Å²) >= 11 is 1.79. The Hall–Kier alpha value is -1.16. The van der Waals surface area contributed by atoms with Gasteiger partial charge in [0, 0.05) is 17.8 Å². The summed E-state index contributed by atoms with van der Waals surface area (Å²) in [7, 11) is 0. The monoisotopic (exact) mass is 266 g/mol. The Kier molecular flexibility index (Phi) is 5.54. The standard InChI is InChI=1S/C14H22N2OS/c1-9(8-18-4)7-16-14(17)12-6-13(15)11(3)5-10(12)2/h5-6,9H,7-8,15H2,1-4H3,(H,16,17). The molecule has 0 aromatic heterocycles. The molecule has 100 valence electrons.